The zero-order chi connectivity index (χ0) is 18.4. The molecule has 1 fully saturated rings. The number of hydrogen-bond acceptors (Lipinski definition) is 4. The van der Waals surface area contributed by atoms with Gasteiger partial charge >= 0.3 is 6.09 Å². The minimum atomic E-state index is -0.499. The van der Waals surface area contributed by atoms with E-state index in [4.69, 9.17) is 16.3 Å². The third-order valence-corrected chi connectivity index (χ3v) is 4.53. The van der Waals surface area contributed by atoms with E-state index in [2.05, 4.69) is 23.7 Å². The summed E-state index contributed by atoms with van der Waals surface area (Å²) in [5.74, 6) is 0. The van der Waals surface area contributed by atoms with Crippen molar-refractivity contribution in [2.75, 3.05) is 24.5 Å². The second kappa shape index (κ2) is 6.09. The number of amides is 1. The number of aromatic nitrogens is 2. The molecule has 1 aliphatic heterocycles. The van der Waals surface area contributed by atoms with Crippen LogP contribution in [0.25, 0.3) is 5.52 Å². The molecule has 0 aromatic carbocycles. The normalized spacial score (nSPS) is 17.8. The zero-order valence-electron chi connectivity index (χ0n) is 15.4. The first kappa shape index (κ1) is 17.9. The predicted molar refractivity (Wildman–Crippen MR) is 99.4 cm³/mol. The molecule has 0 aliphatic carbocycles. The van der Waals surface area contributed by atoms with Crippen molar-refractivity contribution < 1.29 is 9.53 Å². The maximum atomic E-state index is 12.5. The molecule has 3 heterocycles. The van der Waals surface area contributed by atoms with E-state index in [9.17, 15) is 4.79 Å². The highest BCUT2D eigenvalue weighted by Gasteiger charge is 2.39. The largest absolute Gasteiger partial charge is 0.444 e. The molecule has 0 unspecified atom stereocenters. The summed E-state index contributed by atoms with van der Waals surface area (Å²) >= 11 is 6.26. The fraction of sp³-hybridized carbons (Fsp3) is 0.556. The third kappa shape index (κ3) is 3.68. The Morgan fingerprint density at radius 2 is 2.04 bits per heavy atom. The van der Waals surface area contributed by atoms with Gasteiger partial charge in [0.05, 0.1) is 34.3 Å². The topological polar surface area (TPSA) is 50.1 Å². The molecule has 2 aromatic rings. The standard InChI is InChI=1S/C18H25ClN4O2/c1-17(2,3)25-16(24)23-7-6-21(11-18(23,4)5)14-8-13(19)10-22-12-20-9-15(14)22/h8-10,12H,6-7,11H2,1-5H3. The van der Waals surface area contributed by atoms with Gasteiger partial charge in [0, 0.05) is 25.8 Å². The molecule has 1 amide bonds. The molecule has 0 saturated carbocycles. The highest BCUT2D eigenvalue weighted by Crippen LogP contribution is 2.31. The summed E-state index contributed by atoms with van der Waals surface area (Å²) < 4.78 is 7.49. The number of pyridine rings is 1. The summed E-state index contributed by atoms with van der Waals surface area (Å²) in [5.41, 5.74) is 1.17. The van der Waals surface area contributed by atoms with E-state index < -0.39 is 5.60 Å². The highest BCUT2D eigenvalue weighted by atomic mass is 35.5. The molecule has 6 nitrogen and oxygen atoms in total. The Bertz CT molecular complexity index is 794. The molecular weight excluding hydrogens is 340 g/mol. The minimum absolute atomic E-state index is 0.266. The molecule has 1 aliphatic rings. The van der Waals surface area contributed by atoms with Crippen LogP contribution in [0.2, 0.25) is 5.02 Å². The van der Waals surface area contributed by atoms with Crippen LogP contribution in [0.3, 0.4) is 0 Å². The van der Waals surface area contributed by atoms with E-state index in [0.717, 1.165) is 11.2 Å². The van der Waals surface area contributed by atoms with Gasteiger partial charge in [-0.15, -0.1) is 0 Å². The van der Waals surface area contributed by atoms with Crippen LogP contribution in [0.4, 0.5) is 10.5 Å². The Kier molecular flexibility index (Phi) is 4.35. The van der Waals surface area contributed by atoms with Gasteiger partial charge < -0.3 is 14.0 Å². The second-order valence-electron chi connectivity index (χ2n) is 8.10. The number of ether oxygens (including phenoxy) is 1. The van der Waals surface area contributed by atoms with Gasteiger partial charge in [0.25, 0.3) is 0 Å². The van der Waals surface area contributed by atoms with Gasteiger partial charge in [-0.3, -0.25) is 4.90 Å². The van der Waals surface area contributed by atoms with Gasteiger partial charge in [0.1, 0.15) is 5.60 Å². The maximum absolute atomic E-state index is 12.5. The van der Waals surface area contributed by atoms with Crippen LogP contribution in [0.5, 0.6) is 0 Å². The van der Waals surface area contributed by atoms with Crippen LogP contribution in [-0.2, 0) is 4.74 Å². The zero-order valence-corrected chi connectivity index (χ0v) is 16.2. The van der Waals surface area contributed by atoms with E-state index in [1.807, 2.05) is 48.5 Å². The highest BCUT2D eigenvalue weighted by molar-refractivity contribution is 6.30. The minimum Gasteiger partial charge on any atom is -0.444 e. The predicted octanol–water partition coefficient (Wildman–Crippen LogP) is 3.82. The fourth-order valence-corrected chi connectivity index (χ4v) is 3.46. The molecule has 0 atom stereocenters. The lowest BCUT2D eigenvalue weighted by atomic mass is 9.99. The van der Waals surface area contributed by atoms with E-state index in [1.54, 1.807) is 6.33 Å². The van der Waals surface area contributed by atoms with Crippen molar-refractivity contribution in [3.05, 3.63) is 29.8 Å². The molecule has 0 radical (unpaired) electrons. The Morgan fingerprint density at radius 1 is 1.32 bits per heavy atom. The molecular formula is C18H25ClN4O2. The second-order valence-corrected chi connectivity index (χ2v) is 8.53. The Hall–Kier alpha value is -1.95. The molecule has 0 bridgehead atoms. The van der Waals surface area contributed by atoms with Crippen LogP contribution in [0.15, 0.2) is 24.8 Å². The lowest BCUT2D eigenvalue weighted by Gasteiger charge is -2.47. The van der Waals surface area contributed by atoms with E-state index >= 15 is 0 Å². The fourth-order valence-electron chi connectivity index (χ4n) is 3.25. The molecule has 25 heavy (non-hydrogen) atoms. The van der Waals surface area contributed by atoms with Crippen molar-refractivity contribution in [1.82, 2.24) is 14.3 Å². The SMILES string of the molecule is CC(C)(C)OC(=O)N1CCN(c2cc(Cl)cn3cncc23)CC1(C)C. The van der Waals surface area contributed by atoms with Crippen LogP contribution in [-0.4, -0.2) is 51.2 Å². The van der Waals surface area contributed by atoms with Gasteiger partial charge in [0.15, 0.2) is 0 Å². The number of fused-ring (bicyclic) bond motifs is 1. The lowest BCUT2D eigenvalue weighted by Crippen LogP contribution is -2.61. The van der Waals surface area contributed by atoms with Crippen LogP contribution in [0, 0.1) is 0 Å². The number of carbonyl (C=O) groups is 1. The molecule has 0 N–H and O–H groups in total. The number of imidazole rings is 1. The smallest absolute Gasteiger partial charge is 0.410 e. The monoisotopic (exact) mass is 364 g/mol. The number of halogens is 1. The number of carbonyl (C=O) groups excluding carboxylic acids is 1. The lowest BCUT2D eigenvalue weighted by molar-refractivity contribution is 0.000399. The van der Waals surface area contributed by atoms with Gasteiger partial charge in [-0.2, -0.15) is 0 Å². The van der Waals surface area contributed by atoms with Crippen LogP contribution in [0.1, 0.15) is 34.6 Å². The summed E-state index contributed by atoms with van der Waals surface area (Å²) in [6, 6.07) is 1.96. The van der Waals surface area contributed by atoms with Crippen molar-refractivity contribution in [2.24, 2.45) is 0 Å². The number of rotatable bonds is 1. The van der Waals surface area contributed by atoms with E-state index in [0.29, 0.717) is 24.7 Å². The maximum Gasteiger partial charge on any atom is 0.410 e. The van der Waals surface area contributed by atoms with Crippen molar-refractivity contribution in [1.29, 1.82) is 0 Å². The van der Waals surface area contributed by atoms with Gasteiger partial charge in [-0.1, -0.05) is 11.6 Å². The first-order chi connectivity index (χ1) is 11.6. The third-order valence-electron chi connectivity index (χ3n) is 4.32. The van der Waals surface area contributed by atoms with Crippen molar-refractivity contribution in [3.63, 3.8) is 0 Å². The van der Waals surface area contributed by atoms with E-state index in [-0.39, 0.29) is 11.6 Å². The summed E-state index contributed by atoms with van der Waals surface area (Å²) in [5, 5.41) is 0.660. The van der Waals surface area contributed by atoms with Crippen molar-refractivity contribution in [3.8, 4) is 0 Å². The molecule has 2 aromatic heterocycles. The quantitative estimate of drug-likeness (QED) is 0.771. The average molecular weight is 365 g/mol. The molecule has 3 rings (SSSR count). The van der Waals surface area contributed by atoms with Crippen molar-refractivity contribution >= 4 is 28.9 Å². The summed E-state index contributed by atoms with van der Waals surface area (Å²) in [4.78, 5) is 20.8. The Morgan fingerprint density at radius 3 is 2.68 bits per heavy atom. The van der Waals surface area contributed by atoms with Crippen molar-refractivity contribution in [2.45, 2.75) is 45.8 Å². The number of hydrogen-bond donors (Lipinski definition) is 0. The summed E-state index contributed by atoms with van der Waals surface area (Å²) in [6.07, 6.45) is 5.15. The number of nitrogens with zero attached hydrogens (tertiary/aromatic N) is 4. The van der Waals surface area contributed by atoms with Gasteiger partial charge in [-0.05, 0) is 40.7 Å². The van der Waals surface area contributed by atoms with Gasteiger partial charge in [-0.25, -0.2) is 9.78 Å². The van der Waals surface area contributed by atoms with Crippen LogP contribution >= 0.6 is 11.6 Å². The number of piperazine rings is 1. The Balaban J connectivity index is 1.84. The summed E-state index contributed by atoms with van der Waals surface area (Å²) in [6.45, 7) is 11.8. The Labute approximate surface area is 153 Å². The van der Waals surface area contributed by atoms with E-state index in [1.165, 1.54) is 0 Å². The molecule has 7 heteroatoms. The number of anilines is 1. The first-order valence-corrected chi connectivity index (χ1v) is 8.81. The van der Waals surface area contributed by atoms with Crippen LogP contribution < -0.4 is 4.90 Å². The average Bonchev–Trinajstić information content (AvgIpc) is 2.91. The summed E-state index contributed by atoms with van der Waals surface area (Å²) in [7, 11) is 0. The molecule has 136 valence electrons. The molecule has 1 saturated heterocycles. The first-order valence-electron chi connectivity index (χ1n) is 8.44. The van der Waals surface area contributed by atoms with Gasteiger partial charge in [0.2, 0.25) is 0 Å². The molecule has 0 spiro atoms.